The van der Waals surface area contributed by atoms with E-state index in [4.69, 9.17) is 4.74 Å². The average Bonchev–Trinajstić information content (AvgIpc) is 2.40. The second-order valence-electron chi connectivity index (χ2n) is 4.94. The number of hydrogen-bond donors (Lipinski definition) is 1. The van der Waals surface area contributed by atoms with Crippen LogP contribution in [-0.4, -0.2) is 14.2 Å². The molecule has 0 bridgehead atoms. The summed E-state index contributed by atoms with van der Waals surface area (Å²) < 4.78 is 5.51. The van der Waals surface area contributed by atoms with Gasteiger partial charge in [0, 0.05) is 6.54 Å². The summed E-state index contributed by atoms with van der Waals surface area (Å²) in [6, 6.07) is 6.60. The van der Waals surface area contributed by atoms with Crippen molar-refractivity contribution < 1.29 is 4.74 Å². The second-order valence-corrected chi connectivity index (χ2v) is 4.94. The van der Waals surface area contributed by atoms with Crippen molar-refractivity contribution >= 4 is 0 Å². The molecule has 2 nitrogen and oxygen atoms in total. The predicted molar refractivity (Wildman–Crippen MR) is 71.6 cm³/mol. The topological polar surface area (TPSA) is 21.3 Å². The van der Waals surface area contributed by atoms with E-state index in [9.17, 15) is 0 Å². The quantitative estimate of drug-likeness (QED) is 0.860. The van der Waals surface area contributed by atoms with Gasteiger partial charge >= 0.3 is 0 Å². The predicted octanol–water partition coefficient (Wildman–Crippen LogP) is 3.46. The summed E-state index contributed by atoms with van der Waals surface area (Å²) in [5.74, 6) is 1.77. The van der Waals surface area contributed by atoms with Crippen molar-refractivity contribution in [3.8, 4) is 5.75 Å². The summed E-state index contributed by atoms with van der Waals surface area (Å²) in [6.45, 7) is 0.934. The van der Waals surface area contributed by atoms with Crippen LogP contribution in [0, 0.1) is 0 Å². The molecule has 0 amide bonds. The van der Waals surface area contributed by atoms with Crippen molar-refractivity contribution in [2.45, 2.75) is 44.6 Å². The number of rotatable bonds is 4. The zero-order chi connectivity index (χ0) is 12.1. The van der Waals surface area contributed by atoms with Gasteiger partial charge in [-0.2, -0.15) is 0 Å². The molecule has 0 aliphatic heterocycles. The third-order valence-electron chi connectivity index (χ3n) is 3.72. The molecule has 0 saturated heterocycles. The Morgan fingerprint density at radius 3 is 2.65 bits per heavy atom. The van der Waals surface area contributed by atoms with Gasteiger partial charge < -0.3 is 10.1 Å². The lowest BCUT2D eigenvalue weighted by molar-refractivity contribution is 0.387. The first-order chi connectivity index (χ1) is 8.35. The monoisotopic (exact) mass is 233 g/mol. The molecule has 17 heavy (non-hydrogen) atoms. The minimum absolute atomic E-state index is 0.704. The Hall–Kier alpha value is -1.02. The lowest BCUT2D eigenvalue weighted by Gasteiger charge is -2.24. The highest BCUT2D eigenvalue weighted by Crippen LogP contribution is 2.37. The number of benzene rings is 1. The van der Waals surface area contributed by atoms with E-state index in [2.05, 4.69) is 23.5 Å². The summed E-state index contributed by atoms with van der Waals surface area (Å²) in [5, 5.41) is 3.21. The third kappa shape index (κ3) is 3.01. The molecule has 0 atom stereocenters. The zero-order valence-corrected chi connectivity index (χ0v) is 11.0. The fourth-order valence-corrected chi connectivity index (χ4v) is 2.83. The standard InChI is InChI=1S/C15H23NO/c1-16-11-12-8-9-15(17-2)14(10-12)13-6-4-3-5-7-13/h8-10,13,16H,3-7,11H2,1-2H3. The highest BCUT2D eigenvalue weighted by molar-refractivity contribution is 5.40. The molecule has 0 radical (unpaired) electrons. The summed E-state index contributed by atoms with van der Waals surface area (Å²) in [4.78, 5) is 0. The van der Waals surface area contributed by atoms with E-state index in [-0.39, 0.29) is 0 Å². The first-order valence-electron chi connectivity index (χ1n) is 6.66. The van der Waals surface area contributed by atoms with E-state index in [1.54, 1.807) is 7.11 Å². The van der Waals surface area contributed by atoms with Crippen LogP contribution >= 0.6 is 0 Å². The SMILES string of the molecule is CNCc1ccc(OC)c(C2CCCCC2)c1. The fraction of sp³-hybridized carbons (Fsp3) is 0.600. The van der Waals surface area contributed by atoms with Crippen LogP contribution in [0.25, 0.3) is 0 Å². The van der Waals surface area contributed by atoms with Gasteiger partial charge in [-0.1, -0.05) is 31.4 Å². The van der Waals surface area contributed by atoms with Crippen molar-refractivity contribution in [3.63, 3.8) is 0 Å². The van der Waals surface area contributed by atoms with Gasteiger partial charge in [0.1, 0.15) is 5.75 Å². The normalized spacial score (nSPS) is 17.1. The highest BCUT2D eigenvalue weighted by atomic mass is 16.5. The van der Waals surface area contributed by atoms with Crippen LogP contribution < -0.4 is 10.1 Å². The highest BCUT2D eigenvalue weighted by Gasteiger charge is 2.19. The minimum Gasteiger partial charge on any atom is -0.496 e. The molecule has 1 aromatic carbocycles. The number of nitrogens with one attached hydrogen (secondary N) is 1. The molecule has 1 aliphatic rings. The van der Waals surface area contributed by atoms with Gasteiger partial charge in [0.2, 0.25) is 0 Å². The first kappa shape index (κ1) is 12.4. The lowest BCUT2D eigenvalue weighted by Crippen LogP contribution is -2.09. The summed E-state index contributed by atoms with van der Waals surface area (Å²) in [7, 11) is 3.77. The molecule has 1 fully saturated rings. The molecule has 94 valence electrons. The lowest BCUT2D eigenvalue weighted by atomic mass is 9.83. The van der Waals surface area contributed by atoms with Crippen molar-refractivity contribution in [2.75, 3.05) is 14.2 Å². The number of ether oxygens (including phenoxy) is 1. The van der Waals surface area contributed by atoms with Crippen LogP contribution in [0.5, 0.6) is 5.75 Å². The number of methoxy groups -OCH3 is 1. The van der Waals surface area contributed by atoms with E-state index in [1.165, 1.54) is 43.2 Å². The molecule has 0 spiro atoms. The van der Waals surface area contributed by atoms with Crippen molar-refractivity contribution in [3.05, 3.63) is 29.3 Å². The fourth-order valence-electron chi connectivity index (χ4n) is 2.83. The zero-order valence-electron chi connectivity index (χ0n) is 11.0. The molecule has 2 heteroatoms. The van der Waals surface area contributed by atoms with Gasteiger partial charge in [0.05, 0.1) is 7.11 Å². The third-order valence-corrected chi connectivity index (χ3v) is 3.72. The minimum atomic E-state index is 0.704. The Morgan fingerprint density at radius 2 is 2.00 bits per heavy atom. The van der Waals surface area contributed by atoms with Gasteiger partial charge in [-0.05, 0) is 43.0 Å². The first-order valence-corrected chi connectivity index (χ1v) is 6.66. The van der Waals surface area contributed by atoms with Gasteiger partial charge in [-0.15, -0.1) is 0 Å². The Bertz CT molecular complexity index is 356. The largest absolute Gasteiger partial charge is 0.496 e. The van der Waals surface area contributed by atoms with E-state index in [0.29, 0.717) is 5.92 Å². The molecule has 1 aromatic rings. The maximum atomic E-state index is 5.51. The van der Waals surface area contributed by atoms with E-state index >= 15 is 0 Å². The van der Waals surface area contributed by atoms with Gasteiger partial charge in [-0.3, -0.25) is 0 Å². The Morgan fingerprint density at radius 1 is 1.24 bits per heavy atom. The molecular formula is C15H23NO. The van der Waals surface area contributed by atoms with Crippen LogP contribution in [-0.2, 0) is 6.54 Å². The van der Waals surface area contributed by atoms with Crippen LogP contribution in [0.3, 0.4) is 0 Å². The summed E-state index contributed by atoms with van der Waals surface area (Å²) >= 11 is 0. The van der Waals surface area contributed by atoms with Gasteiger partial charge in [-0.25, -0.2) is 0 Å². The van der Waals surface area contributed by atoms with Crippen LogP contribution in [0.15, 0.2) is 18.2 Å². The molecule has 1 saturated carbocycles. The van der Waals surface area contributed by atoms with Crippen LogP contribution in [0.4, 0.5) is 0 Å². The molecule has 1 N–H and O–H groups in total. The van der Waals surface area contributed by atoms with E-state index < -0.39 is 0 Å². The molecule has 0 unspecified atom stereocenters. The van der Waals surface area contributed by atoms with E-state index in [1.807, 2.05) is 7.05 Å². The Kier molecular flexibility index (Phi) is 4.43. The second kappa shape index (κ2) is 6.06. The maximum absolute atomic E-state index is 5.51. The molecule has 1 aliphatic carbocycles. The van der Waals surface area contributed by atoms with Gasteiger partial charge in [0.25, 0.3) is 0 Å². The van der Waals surface area contributed by atoms with Crippen LogP contribution in [0.2, 0.25) is 0 Å². The van der Waals surface area contributed by atoms with Crippen molar-refractivity contribution in [1.29, 1.82) is 0 Å². The Labute approximate surface area is 104 Å². The summed E-state index contributed by atoms with van der Waals surface area (Å²) in [6.07, 6.45) is 6.77. The average molecular weight is 233 g/mol. The smallest absolute Gasteiger partial charge is 0.122 e. The summed E-state index contributed by atoms with van der Waals surface area (Å²) in [5.41, 5.74) is 2.77. The number of hydrogen-bond acceptors (Lipinski definition) is 2. The molecule has 2 rings (SSSR count). The molecule has 0 aromatic heterocycles. The molecular weight excluding hydrogens is 210 g/mol. The Balaban J connectivity index is 2.24. The molecule has 0 heterocycles. The van der Waals surface area contributed by atoms with E-state index in [0.717, 1.165) is 12.3 Å². The van der Waals surface area contributed by atoms with Gasteiger partial charge in [0.15, 0.2) is 0 Å². The van der Waals surface area contributed by atoms with Crippen molar-refractivity contribution in [1.82, 2.24) is 5.32 Å². The van der Waals surface area contributed by atoms with Crippen LogP contribution in [0.1, 0.15) is 49.1 Å². The van der Waals surface area contributed by atoms with Crippen molar-refractivity contribution in [2.24, 2.45) is 0 Å². The maximum Gasteiger partial charge on any atom is 0.122 e.